The quantitative estimate of drug-likeness (QED) is 0.691. The van der Waals surface area contributed by atoms with Crippen LogP contribution in [0.5, 0.6) is 11.5 Å². The highest BCUT2D eigenvalue weighted by Crippen LogP contribution is 2.34. The molecule has 124 valence electrons. The van der Waals surface area contributed by atoms with Crippen molar-refractivity contribution in [2.45, 2.75) is 0 Å². The van der Waals surface area contributed by atoms with Crippen LogP contribution >= 0.6 is 34.3 Å². The van der Waals surface area contributed by atoms with Crippen LogP contribution in [0.2, 0.25) is 4.34 Å². The molecule has 0 radical (unpaired) electrons. The summed E-state index contributed by atoms with van der Waals surface area (Å²) in [5.41, 5.74) is 1.16. The third-order valence-corrected chi connectivity index (χ3v) is 5.21. The zero-order valence-electron chi connectivity index (χ0n) is 12.8. The van der Waals surface area contributed by atoms with Crippen molar-refractivity contribution in [3.63, 3.8) is 0 Å². The highest BCUT2D eigenvalue weighted by Gasteiger charge is 2.18. The highest BCUT2D eigenvalue weighted by atomic mass is 35.5. The molecule has 0 saturated heterocycles. The summed E-state index contributed by atoms with van der Waals surface area (Å²) < 4.78 is 11.2. The molecule has 2 aromatic heterocycles. The SMILES string of the molecule is COc1cccc(C(=O)Nc2nc(-c3ccc(Cl)s3)cs2)c1OC. The Morgan fingerprint density at radius 1 is 1.21 bits per heavy atom. The lowest BCUT2D eigenvalue weighted by Crippen LogP contribution is -2.13. The lowest BCUT2D eigenvalue weighted by Gasteiger charge is -2.11. The molecule has 2 heterocycles. The largest absolute Gasteiger partial charge is 0.493 e. The number of thiazole rings is 1. The van der Waals surface area contributed by atoms with E-state index >= 15 is 0 Å². The Morgan fingerprint density at radius 3 is 2.71 bits per heavy atom. The first-order valence-corrected chi connectivity index (χ1v) is 8.93. The number of thiophene rings is 1. The number of nitrogens with one attached hydrogen (secondary N) is 1. The summed E-state index contributed by atoms with van der Waals surface area (Å²) in [4.78, 5) is 17.9. The maximum atomic E-state index is 12.5. The smallest absolute Gasteiger partial charge is 0.261 e. The van der Waals surface area contributed by atoms with E-state index in [1.54, 1.807) is 18.2 Å². The van der Waals surface area contributed by atoms with Crippen LogP contribution in [0.4, 0.5) is 5.13 Å². The topological polar surface area (TPSA) is 60.5 Å². The number of para-hydroxylation sites is 1. The average molecular weight is 381 g/mol. The number of carbonyl (C=O) groups is 1. The van der Waals surface area contributed by atoms with E-state index in [9.17, 15) is 4.79 Å². The van der Waals surface area contributed by atoms with E-state index in [1.165, 1.54) is 36.9 Å². The van der Waals surface area contributed by atoms with E-state index in [2.05, 4.69) is 10.3 Å². The van der Waals surface area contributed by atoms with Gasteiger partial charge in [0.25, 0.3) is 5.91 Å². The number of nitrogens with zero attached hydrogens (tertiary/aromatic N) is 1. The first kappa shape index (κ1) is 16.8. The number of anilines is 1. The molecule has 5 nitrogen and oxygen atoms in total. The van der Waals surface area contributed by atoms with Gasteiger partial charge in [-0.3, -0.25) is 10.1 Å². The molecule has 0 spiro atoms. The Morgan fingerprint density at radius 2 is 2.04 bits per heavy atom. The fourth-order valence-electron chi connectivity index (χ4n) is 2.13. The molecule has 0 aliphatic heterocycles. The summed E-state index contributed by atoms with van der Waals surface area (Å²) in [5, 5.41) is 5.17. The number of benzene rings is 1. The van der Waals surface area contributed by atoms with Gasteiger partial charge in [0.05, 0.1) is 34.7 Å². The van der Waals surface area contributed by atoms with Crippen molar-refractivity contribution in [2.75, 3.05) is 19.5 Å². The highest BCUT2D eigenvalue weighted by molar-refractivity contribution is 7.20. The predicted octanol–water partition coefficient (Wildman–Crippen LogP) is 4.79. The van der Waals surface area contributed by atoms with Crippen molar-refractivity contribution < 1.29 is 14.3 Å². The Balaban J connectivity index is 1.82. The minimum absolute atomic E-state index is 0.309. The van der Waals surface area contributed by atoms with E-state index in [0.29, 0.717) is 26.5 Å². The average Bonchev–Trinajstić information content (AvgIpc) is 3.22. The van der Waals surface area contributed by atoms with Gasteiger partial charge in [-0.25, -0.2) is 4.98 Å². The predicted molar refractivity (Wildman–Crippen MR) is 97.9 cm³/mol. The normalized spacial score (nSPS) is 10.5. The Bertz CT molecular complexity index is 876. The van der Waals surface area contributed by atoms with Crippen LogP contribution in [0.1, 0.15) is 10.4 Å². The first-order valence-electron chi connectivity index (χ1n) is 6.86. The molecule has 0 bridgehead atoms. The summed E-state index contributed by atoms with van der Waals surface area (Å²) in [6.07, 6.45) is 0. The summed E-state index contributed by atoms with van der Waals surface area (Å²) in [7, 11) is 3.02. The van der Waals surface area contributed by atoms with Gasteiger partial charge in [-0.15, -0.1) is 22.7 Å². The fourth-order valence-corrected chi connectivity index (χ4v) is 3.91. The zero-order chi connectivity index (χ0) is 17.1. The molecule has 3 aromatic rings. The standard InChI is InChI=1S/C16H13ClN2O3S2/c1-21-11-5-3-4-9(14(11)22-2)15(20)19-16-18-10(8-23-16)12-6-7-13(17)24-12/h3-8H,1-2H3,(H,18,19,20). The van der Waals surface area contributed by atoms with Gasteiger partial charge >= 0.3 is 0 Å². The molecule has 0 fully saturated rings. The molecule has 24 heavy (non-hydrogen) atoms. The molecule has 1 aromatic carbocycles. The summed E-state index contributed by atoms with van der Waals surface area (Å²) in [5.74, 6) is 0.577. The van der Waals surface area contributed by atoms with Gasteiger partial charge in [0, 0.05) is 5.38 Å². The number of hydrogen-bond acceptors (Lipinski definition) is 6. The second-order valence-corrected chi connectivity index (χ2v) is 7.21. The van der Waals surface area contributed by atoms with Crippen LogP contribution in [0.3, 0.4) is 0 Å². The van der Waals surface area contributed by atoms with Crippen LogP contribution in [-0.2, 0) is 0 Å². The molecule has 0 aliphatic carbocycles. The number of amides is 1. The van der Waals surface area contributed by atoms with Gasteiger partial charge < -0.3 is 9.47 Å². The van der Waals surface area contributed by atoms with Gasteiger partial charge in [0.1, 0.15) is 0 Å². The van der Waals surface area contributed by atoms with Crippen molar-refractivity contribution >= 4 is 45.3 Å². The lowest BCUT2D eigenvalue weighted by atomic mass is 10.1. The second kappa shape index (κ2) is 7.21. The van der Waals surface area contributed by atoms with Gasteiger partial charge in [-0.1, -0.05) is 17.7 Å². The van der Waals surface area contributed by atoms with Crippen molar-refractivity contribution in [3.8, 4) is 22.1 Å². The maximum Gasteiger partial charge on any atom is 0.261 e. The maximum absolute atomic E-state index is 12.5. The van der Waals surface area contributed by atoms with E-state index in [4.69, 9.17) is 21.1 Å². The number of rotatable bonds is 5. The Labute approximate surface area is 151 Å². The second-order valence-electron chi connectivity index (χ2n) is 4.64. The van der Waals surface area contributed by atoms with Crippen molar-refractivity contribution in [3.05, 3.63) is 45.6 Å². The van der Waals surface area contributed by atoms with Crippen LogP contribution in [-0.4, -0.2) is 25.1 Å². The first-order chi connectivity index (χ1) is 11.6. The minimum Gasteiger partial charge on any atom is -0.493 e. The van der Waals surface area contributed by atoms with Crippen molar-refractivity contribution in [1.82, 2.24) is 4.98 Å². The van der Waals surface area contributed by atoms with Crippen molar-refractivity contribution in [2.24, 2.45) is 0 Å². The van der Waals surface area contributed by atoms with Crippen molar-refractivity contribution in [1.29, 1.82) is 0 Å². The number of halogens is 1. The third-order valence-electron chi connectivity index (χ3n) is 3.20. The van der Waals surface area contributed by atoms with E-state index in [1.807, 2.05) is 17.5 Å². The molecule has 8 heteroatoms. The molecule has 0 saturated carbocycles. The molecule has 3 rings (SSSR count). The number of hydrogen-bond donors (Lipinski definition) is 1. The molecule has 0 unspecified atom stereocenters. The molecule has 1 N–H and O–H groups in total. The Kier molecular flexibility index (Phi) is 5.03. The fraction of sp³-hybridized carbons (Fsp3) is 0.125. The van der Waals surface area contributed by atoms with E-state index in [-0.39, 0.29) is 5.91 Å². The molecule has 0 aliphatic rings. The van der Waals surface area contributed by atoms with E-state index in [0.717, 1.165) is 10.6 Å². The summed E-state index contributed by atoms with van der Waals surface area (Å²) in [6.45, 7) is 0. The van der Waals surface area contributed by atoms with Gasteiger partial charge in [-0.05, 0) is 24.3 Å². The molecular formula is C16H13ClN2O3S2. The summed E-state index contributed by atoms with van der Waals surface area (Å²) >= 11 is 8.73. The van der Waals surface area contributed by atoms with Crippen LogP contribution < -0.4 is 14.8 Å². The van der Waals surface area contributed by atoms with Crippen LogP contribution in [0.15, 0.2) is 35.7 Å². The van der Waals surface area contributed by atoms with Gasteiger partial charge in [-0.2, -0.15) is 0 Å². The zero-order valence-corrected chi connectivity index (χ0v) is 15.2. The lowest BCUT2D eigenvalue weighted by molar-refractivity contribution is 0.102. The van der Waals surface area contributed by atoms with E-state index < -0.39 is 0 Å². The molecular weight excluding hydrogens is 368 g/mol. The van der Waals surface area contributed by atoms with Crippen LogP contribution in [0, 0.1) is 0 Å². The van der Waals surface area contributed by atoms with Gasteiger partial charge in [0.15, 0.2) is 16.6 Å². The monoisotopic (exact) mass is 380 g/mol. The van der Waals surface area contributed by atoms with Gasteiger partial charge in [0.2, 0.25) is 0 Å². The third kappa shape index (κ3) is 3.38. The molecule has 0 atom stereocenters. The minimum atomic E-state index is -0.309. The number of ether oxygens (including phenoxy) is 2. The van der Waals surface area contributed by atoms with Crippen LogP contribution in [0.25, 0.3) is 10.6 Å². The number of carbonyl (C=O) groups excluding carboxylic acids is 1. The Hall–Kier alpha value is -2.09. The number of methoxy groups -OCH3 is 2. The molecule has 1 amide bonds. The number of aromatic nitrogens is 1. The summed E-state index contributed by atoms with van der Waals surface area (Å²) in [6, 6.07) is 8.86.